The van der Waals surface area contributed by atoms with Crippen molar-refractivity contribution in [1.29, 1.82) is 0 Å². The molecule has 4 rings (SSSR count). The number of amides is 4. The fourth-order valence-corrected chi connectivity index (χ4v) is 4.45. The highest BCUT2D eigenvalue weighted by Gasteiger charge is 2.37. The van der Waals surface area contributed by atoms with E-state index in [1.807, 2.05) is 0 Å². The molecule has 1 N–H and O–H groups in total. The maximum absolute atomic E-state index is 13.3. The zero-order valence-corrected chi connectivity index (χ0v) is 23.3. The minimum atomic E-state index is -0.863. The molecule has 1 fully saturated rings. The third-order valence-electron chi connectivity index (χ3n) is 5.93. The van der Waals surface area contributed by atoms with Gasteiger partial charge in [0.15, 0.2) is 11.5 Å². The van der Waals surface area contributed by atoms with Crippen LogP contribution in [0.1, 0.15) is 22.3 Å². The first-order valence-corrected chi connectivity index (χ1v) is 12.8. The Morgan fingerprint density at radius 1 is 0.974 bits per heavy atom. The maximum Gasteiger partial charge on any atom is 0.335 e. The van der Waals surface area contributed by atoms with E-state index in [2.05, 4.69) is 11.9 Å². The van der Waals surface area contributed by atoms with Crippen LogP contribution in [0.3, 0.4) is 0 Å². The Kier molecular flexibility index (Phi) is 8.65. The number of carbonyl (C=O) groups excluding carboxylic acids is 3. The number of allylic oxidation sites excluding steroid dienone is 1. The van der Waals surface area contributed by atoms with Crippen LogP contribution in [0.4, 0.5) is 10.5 Å². The van der Waals surface area contributed by atoms with Gasteiger partial charge >= 0.3 is 6.03 Å². The molecule has 7 nitrogen and oxygen atoms in total. The molecule has 0 bridgehead atoms. The van der Waals surface area contributed by atoms with E-state index in [-0.39, 0.29) is 17.9 Å². The number of rotatable bonds is 8. The number of imide groups is 2. The van der Waals surface area contributed by atoms with Crippen molar-refractivity contribution in [1.82, 2.24) is 5.32 Å². The zero-order valence-electron chi connectivity index (χ0n) is 21.0. The van der Waals surface area contributed by atoms with Gasteiger partial charge in [-0.2, -0.15) is 0 Å². The molecule has 1 aliphatic heterocycles. The van der Waals surface area contributed by atoms with Gasteiger partial charge in [-0.25, -0.2) is 9.69 Å². The molecule has 0 saturated carbocycles. The standard InChI is InChI=1S/C29H23Cl3N2O5/c1-4-5-19-10-18(13-25(38-3)26(19)39-15-17-7-9-22(30)24(32)12-17)11-21-27(35)33-29(37)34(28(21)36)20-8-6-16(2)23(31)14-20/h4,6-14H,1,5,15H2,2-3H3,(H,33,35,37)/b21-11-. The number of nitrogens with one attached hydrogen (secondary N) is 1. The highest BCUT2D eigenvalue weighted by Crippen LogP contribution is 2.36. The molecule has 200 valence electrons. The Labute approximate surface area is 240 Å². The summed E-state index contributed by atoms with van der Waals surface area (Å²) in [5.41, 5.74) is 2.77. The fourth-order valence-electron chi connectivity index (χ4n) is 3.95. The number of ether oxygens (including phenoxy) is 2. The minimum Gasteiger partial charge on any atom is -0.493 e. The molecule has 0 unspecified atom stereocenters. The second kappa shape index (κ2) is 11.9. The number of anilines is 1. The van der Waals surface area contributed by atoms with Crippen molar-refractivity contribution in [3.8, 4) is 11.5 Å². The summed E-state index contributed by atoms with van der Waals surface area (Å²) in [6, 6.07) is 12.5. The molecule has 1 heterocycles. The topological polar surface area (TPSA) is 84.9 Å². The number of aryl methyl sites for hydroxylation is 1. The molecule has 10 heteroatoms. The quantitative estimate of drug-likeness (QED) is 0.176. The van der Waals surface area contributed by atoms with Crippen molar-refractivity contribution in [2.45, 2.75) is 20.0 Å². The van der Waals surface area contributed by atoms with Gasteiger partial charge in [-0.15, -0.1) is 6.58 Å². The number of hydrogen-bond donors (Lipinski definition) is 1. The lowest BCUT2D eigenvalue weighted by Crippen LogP contribution is -2.54. The summed E-state index contributed by atoms with van der Waals surface area (Å²) in [6.07, 6.45) is 3.50. The van der Waals surface area contributed by atoms with Gasteiger partial charge in [0.25, 0.3) is 11.8 Å². The van der Waals surface area contributed by atoms with Crippen LogP contribution in [0.15, 0.2) is 66.8 Å². The van der Waals surface area contributed by atoms with Gasteiger partial charge in [-0.3, -0.25) is 14.9 Å². The predicted molar refractivity (Wildman–Crippen MR) is 153 cm³/mol. The van der Waals surface area contributed by atoms with Crippen molar-refractivity contribution < 1.29 is 23.9 Å². The Balaban J connectivity index is 1.70. The van der Waals surface area contributed by atoms with Gasteiger partial charge in [-0.05, 0) is 72.5 Å². The molecular formula is C29H23Cl3N2O5. The number of carbonyl (C=O) groups is 3. The van der Waals surface area contributed by atoms with Gasteiger partial charge in [0, 0.05) is 10.6 Å². The van der Waals surface area contributed by atoms with E-state index in [9.17, 15) is 14.4 Å². The van der Waals surface area contributed by atoms with E-state index in [4.69, 9.17) is 44.3 Å². The van der Waals surface area contributed by atoms with Crippen molar-refractivity contribution in [2.24, 2.45) is 0 Å². The maximum atomic E-state index is 13.3. The molecule has 0 aromatic heterocycles. The van der Waals surface area contributed by atoms with Crippen molar-refractivity contribution >= 4 is 64.4 Å². The summed E-state index contributed by atoms with van der Waals surface area (Å²) in [5, 5.41) is 3.44. The smallest absolute Gasteiger partial charge is 0.335 e. The van der Waals surface area contributed by atoms with Crippen LogP contribution in [0, 0.1) is 6.92 Å². The molecule has 1 saturated heterocycles. The fraction of sp³-hybridized carbons (Fsp3) is 0.138. The average Bonchev–Trinajstić information content (AvgIpc) is 2.89. The molecular weight excluding hydrogens is 563 g/mol. The monoisotopic (exact) mass is 584 g/mol. The number of halogens is 3. The third-order valence-corrected chi connectivity index (χ3v) is 7.08. The highest BCUT2D eigenvalue weighted by atomic mass is 35.5. The summed E-state index contributed by atoms with van der Waals surface area (Å²) in [6.45, 7) is 5.80. The molecule has 0 aliphatic carbocycles. The van der Waals surface area contributed by atoms with Crippen molar-refractivity contribution in [2.75, 3.05) is 12.0 Å². The van der Waals surface area contributed by atoms with Crippen molar-refractivity contribution in [3.63, 3.8) is 0 Å². The number of nitrogens with zero attached hydrogens (tertiary/aromatic N) is 1. The van der Waals surface area contributed by atoms with Crippen LogP contribution in [-0.4, -0.2) is 25.0 Å². The van der Waals surface area contributed by atoms with Crippen LogP contribution in [0.5, 0.6) is 11.5 Å². The summed E-state index contributed by atoms with van der Waals surface area (Å²) < 4.78 is 11.7. The lowest BCUT2D eigenvalue weighted by Gasteiger charge is -2.26. The highest BCUT2D eigenvalue weighted by molar-refractivity contribution is 6.42. The van der Waals surface area contributed by atoms with Gasteiger partial charge in [0.1, 0.15) is 12.2 Å². The number of benzene rings is 3. The van der Waals surface area contributed by atoms with E-state index in [0.29, 0.717) is 44.1 Å². The van der Waals surface area contributed by atoms with Gasteiger partial charge < -0.3 is 9.47 Å². The first-order chi connectivity index (χ1) is 18.6. The molecule has 4 amide bonds. The van der Waals surface area contributed by atoms with E-state index in [1.165, 1.54) is 19.3 Å². The Hall–Kier alpha value is -3.78. The van der Waals surface area contributed by atoms with E-state index < -0.39 is 17.8 Å². The molecule has 0 spiro atoms. The lowest BCUT2D eigenvalue weighted by atomic mass is 10.0. The van der Waals surface area contributed by atoms with Crippen LogP contribution < -0.4 is 19.7 Å². The Morgan fingerprint density at radius 3 is 2.41 bits per heavy atom. The summed E-state index contributed by atoms with van der Waals surface area (Å²) in [5.74, 6) is -0.754. The summed E-state index contributed by atoms with van der Waals surface area (Å²) >= 11 is 18.3. The van der Waals surface area contributed by atoms with Crippen molar-refractivity contribution in [3.05, 3.63) is 104 Å². The Bertz CT molecular complexity index is 1530. The number of methoxy groups -OCH3 is 1. The molecule has 0 radical (unpaired) electrons. The largest absolute Gasteiger partial charge is 0.493 e. The molecule has 3 aromatic rings. The number of barbiturate groups is 1. The summed E-state index contributed by atoms with van der Waals surface area (Å²) in [7, 11) is 1.48. The number of urea groups is 1. The second-order valence-electron chi connectivity index (χ2n) is 8.63. The van der Waals surface area contributed by atoms with Gasteiger partial charge in [0.2, 0.25) is 0 Å². The molecule has 0 atom stereocenters. The van der Waals surface area contributed by atoms with Crippen LogP contribution >= 0.6 is 34.8 Å². The molecule has 39 heavy (non-hydrogen) atoms. The van der Waals surface area contributed by atoms with Crippen LogP contribution in [0.25, 0.3) is 6.08 Å². The number of hydrogen-bond acceptors (Lipinski definition) is 5. The average molecular weight is 586 g/mol. The Morgan fingerprint density at radius 2 is 1.74 bits per heavy atom. The van der Waals surface area contributed by atoms with Gasteiger partial charge in [-0.1, -0.05) is 53.0 Å². The van der Waals surface area contributed by atoms with E-state index >= 15 is 0 Å². The zero-order chi connectivity index (χ0) is 28.3. The summed E-state index contributed by atoms with van der Waals surface area (Å²) in [4.78, 5) is 39.5. The molecule has 1 aliphatic rings. The lowest BCUT2D eigenvalue weighted by molar-refractivity contribution is -0.122. The minimum absolute atomic E-state index is 0.189. The second-order valence-corrected chi connectivity index (χ2v) is 9.85. The van der Waals surface area contributed by atoms with Gasteiger partial charge in [0.05, 0.1) is 22.8 Å². The third kappa shape index (κ3) is 6.11. The first-order valence-electron chi connectivity index (χ1n) is 11.7. The first kappa shape index (κ1) is 28.2. The van der Waals surface area contributed by atoms with E-state index in [0.717, 1.165) is 16.0 Å². The predicted octanol–water partition coefficient (Wildman–Crippen LogP) is 6.94. The SMILES string of the molecule is C=CCc1cc(/C=C2/C(=O)NC(=O)N(c3ccc(C)c(Cl)c3)C2=O)cc(OC)c1OCc1ccc(Cl)c(Cl)c1. The van der Waals surface area contributed by atoms with Crippen LogP contribution in [-0.2, 0) is 22.6 Å². The molecule has 3 aromatic carbocycles. The van der Waals surface area contributed by atoms with E-state index in [1.54, 1.807) is 55.5 Å². The van der Waals surface area contributed by atoms with Crippen LogP contribution in [0.2, 0.25) is 15.1 Å². The normalized spacial score (nSPS) is 14.4.